The van der Waals surface area contributed by atoms with Crippen molar-refractivity contribution in [2.45, 2.75) is 58.9 Å². The summed E-state index contributed by atoms with van der Waals surface area (Å²) in [6.45, 7) is 10.2. The smallest absolute Gasteiger partial charge is 0.106 e. The first-order valence-electron chi connectivity index (χ1n) is 8.09. The van der Waals surface area contributed by atoms with E-state index in [1.165, 1.54) is 36.5 Å². The van der Waals surface area contributed by atoms with E-state index in [1.54, 1.807) is 0 Å². The van der Waals surface area contributed by atoms with Gasteiger partial charge in [0, 0.05) is 31.5 Å². The van der Waals surface area contributed by atoms with Crippen LogP contribution in [0.3, 0.4) is 0 Å². The molecule has 1 aliphatic carbocycles. The highest BCUT2D eigenvalue weighted by molar-refractivity contribution is 5.20. The van der Waals surface area contributed by atoms with E-state index < -0.39 is 0 Å². The van der Waals surface area contributed by atoms with Crippen LogP contribution in [0.2, 0.25) is 0 Å². The van der Waals surface area contributed by atoms with Gasteiger partial charge in [0.15, 0.2) is 0 Å². The molecule has 1 unspecified atom stereocenters. The van der Waals surface area contributed by atoms with Crippen LogP contribution in [-0.4, -0.2) is 35.9 Å². The van der Waals surface area contributed by atoms with Gasteiger partial charge in [-0.3, -0.25) is 0 Å². The SMILES string of the molecule is CCOCCCNCC(C)n1c(C)nc2c1CCCC2. The van der Waals surface area contributed by atoms with Crippen LogP contribution in [0, 0.1) is 6.92 Å². The molecule has 1 aromatic rings. The van der Waals surface area contributed by atoms with Crippen LogP contribution in [-0.2, 0) is 17.6 Å². The van der Waals surface area contributed by atoms with Gasteiger partial charge in [-0.2, -0.15) is 0 Å². The average Bonchev–Trinajstić information content (AvgIpc) is 2.78. The molecule has 0 fully saturated rings. The first-order valence-corrected chi connectivity index (χ1v) is 8.09. The van der Waals surface area contributed by atoms with Gasteiger partial charge in [0.1, 0.15) is 5.82 Å². The van der Waals surface area contributed by atoms with Gasteiger partial charge >= 0.3 is 0 Å². The number of nitrogens with zero attached hydrogens (tertiary/aromatic N) is 2. The van der Waals surface area contributed by atoms with Gasteiger partial charge in [-0.05, 0) is 59.4 Å². The molecule has 1 atom stereocenters. The molecule has 0 bridgehead atoms. The van der Waals surface area contributed by atoms with Crippen molar-refractivity contribution in [1.29, 1.82) is 0 Å². The second kappa shape index (κ2) is 7.79. The molecule has 0 amide bonds. The Morgan fingerprint density at radius 2 is 2.15 bits per heavy atom. The second-order valence-corrected chi connectivity index (χ2v) is 5.73. The van der Waals surface area contributed by atoms with Crippen molar-refractivity contribution in [3.63, 3.8) is 0 Å². The molecule has 1 heterocycles. The summed E-state index contributed by atoms with van der Waals surface area (Å²) in [5, 5.41) is 3.54. The van der Waals surface area contributed by atoms with Gasteiger partial charge in [0.2, 0.25) is 0 Å². The summed E-state index contributed by atoms with van der Waals surface area (Å²) < 4.78 is 7.80. The van der Waals surface area contributed by atoms with Gasteiger partial charge in [0.05, 0.1) is 5.69 Å². The predicted octanol–water partition coefficient (Wildman–Crippen LogP) is 2.65. The summed E-state index contributed by atoms with van der Waals surface area (Å²) in [7, 11) is 0. The molecule has 0 aliphatic heterocycles. The Kier molecular flexibility index (Phi) is 6.05. The number of aromatic nitrogens is 2. The van der Waals surface area contributed by atoms with E-state index >= 15 is 0 Å². The molecule has 1 N–H and O–H groups in total. The van der Waals surface area contributed by atoms with E-state index in [0.29, 0.717) is 6.04 Å². The first-order chi connectivity index (χ1) is 9.74. The van der Waals surface area contributed by atoms with Gasteiger partial charge in [-0.1, -0.05) is 0 Å². The summed E-state index contributed by atoms with van der Waals surface area (Å²) >= 11 is 0. The molecule has 0 saturated carbocycles. The third-order valence-corrected chi connectivity index (χ3v) is 4.07. The number of hydrogen-bond donors (Lipinski definition) is 1. The van der Waals surface area contributed by atoms with E-state index in [2.05, 4.69) is 23.7 Å². The maximum atomic E-state index is 5.35. The minimum absolute atomic E-state index is 0.483. The number of ether oxygens (including phenoxy) is 1. The van der Waals surface area contributed by atoms with Crippen molar-refractivity contribution >= 4 is 0 Å². The van der Waals surface area contributed by atoms with Crippen LogP contribution in [0.4, 0.5) is 0 Å². The average molecular weight is 279 g/mol. The highest BCUT2D eigenvalue weighted by Gasteiger charge is 2.20. The van der Waals surface area contributed by atoms with Crippen molar-refractivity contribution in [2.75, 3.05) is 26.3 Å². The Morgan fingerprint density at radius 3 is 2.95 bits per heavy atom. The Morgan fingerprint density at radius 1 is 1.35 bits per heavy atom. The van der Waals surface area contributed by atoms with Crippen molar-refractivity contribution < 1.29 is 4.74 Å². The molecule has 2 rings (SSSR count). The number of nitrogens with one attached hydrogen (secondary N) is 1. The highest BCUT2D eigenvalue weighted by atomic mass is 16.5. The minimum Gasteiger partial charge on any atom is -0.382 e. The molecule has 1 aliphatic rings. The van der Waals surface area contributed by atoms with Crippen molar-refractivity contribution in [1.82, 2.24) is 14.9 Å². The van der Waals surface area contributed by atoms with Crippen molar-refractivity contribution in [3.8, 4) is 0 Å². The zero-order valence-corrected chi connectivity index (χ0v) is 13.2. The standard InChI is InChI=1S/C16H29N3O/c1-4-20-11-7-10-17-12-13(2)19-14(3)18-15-8-5-6-9-16(15)19/h13,17H,4-12H2,1-3H3. The summed E-state index contributed by atoms with van der Waals surface area (Å²) in [6.07, 6.45) is 6.06. The predicted molar refractivity (Wildman–Crippen MR) is 82.3 cm³/mol. The lowest BCUT2D eigenvalue weighted by Crippen LogP contribution is -2.27. The monoisotopic (exact) mass is 279 g/mol. The van der Waals surface area contributed by atoms with E-state index in [1.807, 2.05) is 6.92 Å². The maximum absolute atomic E-state index is 5.35. The van der Waals surface area contributed by atoms with E-state index in [4.69, 9.17) is 9.72 Å². The molecule has 114 valence electrons. The fourth-order valence-corrected chi connectivity index (χ4v) is 3.13. The fourth-order valence-electron chi connectivity index (χ4n) is 3.13. The number of aryl methyl sites for hydroxylation is 2. The van der Waals surface area contributed by atoms with Crippen LogP contribution in [0.5, 0.6) is 0 Å². The summed E-state index contributed by atoms with van der Waals surface area (Å²) in [6, 6.07) is 0.483. The Bertz CT molecular complexity index is 414. The highest BCUT2D eigenvalue weighted by Crippen LogP contribution is 2.25. The number of imidazole rings is 1. The molecule has 0 saturated heterocycles. The molecule has 0 spiro atoms. The van der Waals surface area contributed by atoms with Gasteiger partial charge < -0.3 is 14.6 Å². The molecular weight excluding hydrogens is 250 g/mol. The first kappa shape index (κ1) is 15.5. The third-order valence-electron chi connectivity index (χ3n) is 4.07. The maximum Gasteiger partial charge on any atom is 0.106 e. The van der Waals surface area contributed by atoms with Crippen LogP contribution < -0.4 is 5.32 Å². The van der Waals surface area contributed by atoms with Crippen LogP contribution in [0.15, 0.2) is 0 Å². The van der Waals surface area contributed by atoms with Crippen molar-refractivity contribution in [3.05, 3.63) is 17.2 Å². The lowest BCUT2D eigenvalue weighted by atomic mass is 10.0. The molecule has 4 nitrogen and oxygen atoms in total. The largest absolute Gasteiger partial charge is 0.382 e. The zero-order valence-electron chi connectivity index (χ0n) is 13.2. The van der Waals surface area contributed by atoms with Gasteiger partial charge in [0.25, 0.3) is 0 Å². The van der Waals surface area contributed by atoms with E-state index in [9.17, 15) is 0 Å². The van der Waals surface area contributed by atoms with Crippen LogP contribution >= 0.6 is 0 Å². The molecule has 0 aromatic carbocycles. The number of fused-ring (bicyclic) bond motifs is 1. The summed E-state index contributed by atoms with van der Waals surface area (Å²) in [4.78, 5) is 4.76. The zero-order chi connectivity index (χ0) is 14.4. The summed E-state index contributed by atoms with van der Waals surface area (Å²) in [5.74, 6) is 1.18. The van der Waals surface area contributed by atoms with Crippen LogP contribution in [0.25, 0.3) is 0 Å². The molecule has 1 aromatic heterocycles. The van der Waals surface area contributed by atoms with Crippen molar-refractivity contribution in [2.24, 2.45) is 0 Å². The third kappa shape index (κ3) is 3.83. The van der Waals surface area contributed by atoms with E-state index in [-0.39, 0.29) is 0 Å². The topological polar surface area (TPSA) is 39.1 Å². The van der Waals surface area contributed by atoms with Crippen LogP contribution in [0.1, 0.15) is 56.4 Å². The Labute approximate surface area is 122 Å². The normalized spacial score (nSPS) is 16.1. The lowest BCUT2D eigenvalue weighted by Gasteiger charge is -2.21. The lowest BCUT2D eigenvalue weighted by molar-refractivity contribution is 0.144. The van der Waals surface area contributed by atoms with E-state index in [0.717, 1.165) is 39.1 Å². The number of hydrogen-bond acceptors (Lipinski definition) is 3. The summed E-state index contributed by atoms with van der Waals surface area (Å²) in [5.41, 5.74) is 2.83. The Balaban J connectivity index is 1.83. The Hall–Kier alpha value is -0.870. The fraction of sp³-hybridized carbons (Fsp3) is 0.812. The van der Waals surface area contributed by atoms with Gasteiger partial charge in [-0.15, -0.1) is 0 Å². The number of rotatable bonds is 8. The molecule has 4 heteroatoms. The second-order valence-electron chi connectivity index (χ2n) is 5.73. The molecule has 20 heavy (non-hydrogen) atoms. The van der Waals surface area contributed by atoms with Gasteiger partial charge in [-0.25, -0.2) is 4.98 Å². The molecule has 0 radical (unpaired) electrons. The minimum atomic E-state index is 0.483. The molecular formula is C16H29N3O. The quantitative estimate of drug-likeness (QED) is 0.744.